The topological polar surface area (TPSA) is 55.5 Å². The Morgan fingerprint density at radius 3 is 2.67 bits per heavy atom. The van der Waals surface area contributed by atoms with E-state index in [0.717, 1.165) is 0 Å². The molecule has 0 rings (SSSR count). The molecule has 0 bridgehead atoms. The molecular formula is C9H19NO2. The van der Waals surface area contributed by atoms with Crippen LogP contribution in [0.2, 0.25) is 0 Å². The van der Waals surface area contributed by atoms with Gasteiger partial charge in [-0.3, -0.25) is 0 Å². The van der Waals surface area contributed by atoms with Crippen molar-refractivity contribution >= 4 is 0 Å². The Kier molecular flexibility index (Phi) is 5.13. The number of ether oxygens (including phenoxy) is 1. The van der Waals surface area contributed by atoms with Crippen LogP contribution in [0.4, 0.5) is 0 Å². The van der Waals surface area contributed by atoms with Crippen LogP contribution in [0.5, 0.6) is 0 Å². The monoisotopic (exact) mass is 173 g/mol. The maximum atomic E-state index is 9.37. The Balaban J connectivity index is 3.46. The second kappa shape index (κ2) is 5.30. The molecule has 0 spiro atoms. The summed E-state index contributed by atoms with van der Waals surface area (Å²) in [4.78, 5) is 0. The molecule has 1 atom stereocenters. The van der Waals surface area contributed by atoms with Gasteiger partial charge < -0.3 is 15.6 Å². The fourth-order valence-corrected chi connectivity index (χ4v) is 0.954. The van der Waals surface area contributed by atoms with Crippen molar-refractivity contribution in [2.24, 2.45) is 5.73 Å². The van der Waals surface area contributed by atoms with E-state index in [1.807, 2.05) is 13.8 Å². The average Bonchev–Trinajstić information content (AvgIpc) is 1.84. The predicted octanol–water partition coefficient (Wildman–Crippen LogP) is 0.677. The zero-order chi connectivity index (χ0) is 9.61. The first-order valence-electron chi connectivity index (χ1n) is 4.11. The molecule has 0 aromatic rings. The van der Waals surface area contributed by atoms with Gasteiger partial charge in [0.25, 0.3) is 0 Å². The molecule has 0 radical (unpaired) electrons. The third-order valence-corrected chi connectivity index (χ3v) is 1.31. The van der Waals surface area contributed by atoms with Gasteiger partial charge in [-0.25, -0.2) is 0 Å². The van der Waals surface area contributed by atoms with Crippen molar-refractivity contribution in [3.8, 4) is 0 Å². The van der Waals surface area contributed by atoms with Crippen LogP contribution < -0.4 is 5.73 Å². The van der Waals surface area contributed by atoms with E-state index in [-0.39, 0.29) is 5.54 Å². The van der Waals surface area contributed by atoms with Crippen LogP contribution in [-0.4, -0.2) is 30.0 Å². The van der Waals surface area contributed by atoms with E-state index in [0.29, 0.717) is 19.6 Å². The van der Waals surface area contributed by atoms with E-state index in [1.54, 1.807) is 6.08 Å². The number of nitrogens with two attached hydrogens (primary N) is 1. The van der Waals surface area contributed by atoms with Gasteiger partial charge in [0, 0.05) is 5.54 Å². The summed E-state index contributed by atoms with van der Waals surface area (Å²) in [6.45, 7) is 8.06. The Hall–Kier alpha value is -0.380. The molecule has 72 valence electrons. The highest BCUT2D eigenvalue weighted by atomic mass is 16.5. The second-order valence-corrected chi connectivity index (χ2v) is 3.67. The zero-order valence-corrected chi connectivity index (χ0v) is 7.92. The summed E-state index contributed by atoms with van der Waals surface area (Å²) < 4.78 is 5.07. The molecule has 0 fully saturated rings. The molecule has 0 aromatic heterocycles. The van der Waals surface area contributed by atoms with Gasteiger partial charge in [0.15, 0.2) is 0 Å². The fourth-order valence-electron chi connectivity index (χ4n) is 0.954. The Labute approximate surface area is 74.2 Å². The van der Waals surface area contributed by atoms with Gasteiger partial charge in [-0.2, -0.15) is 0 Å². The highest BCUT2D eigenvalue weighted by Crippen LogP contribution is 2.07. The van der Waals surface area contributed by atoms with E-state index < -0.39 is 6.10 Å². The van der Waals surface area contributed by atoms with Crippen LogP contribution in [-0.2, 0) is 4.74 Å². The van der Waals surface area contributed by atoms with Gasteiger partial charge in [0.05, 0.1) is 19.3 Å². The molecule has 3 N–H and O–H groups in total. The smallest absolute Gasteiger partial charge is 0.0791 e. The molecule has 0 aromatic carbocycles. The van der Waals surface area contributed by atoms with E-state index in [9.17, 15) is 5.11 Å². The van der Waals surface area contributed by atoms with Crippen molar-refractivity contribution in [3.63, 3.8) is 0 Å². The first-order chi connectivity index (χ1) is 5.45. The lowest BCUT2D eigenvalue weighted by molar-refractivity contribution is 0.0345. The van der Waals surface area contributed by atoms with Crippen LogP contribution in [0.15, 0.2) is 12.7 Å². The molecule has 0 amide bonds. The lowest BCUT2D eigenvalue weighted by atomic mass is 9.99. The van der Waals surface area contributed by atoms with Crippen LogP contribution in [0.1, 0.15) is 20.3 Å². The largest absolute Gasteiger partial charge is 0.391 e. The third kappa shape index (κ3) is 7.72. The zero-order valence-electron chi connectivity index (χ0n) is 7.92. The number of hydrogen-bond acceptors (Lipinski definition) is 3. The molecule has 0 saturated heterocycles. The first-order valence-corrected chi connectivity index (χ1v) is 4.11. The molecule has 3 nitrogen and oxygen atoms in total. The van der Waals surface area contributed by atoms with Crippen LogP contribution in [0.25, 0.3) is 0 Å². The minimum absolute atomic E-state index is 0.326. The van der Waals surface area contributed by atoms with Gasteiger partial charge in [0.1, 0.15) is 0 Å². The lowest BCUT2D eigenvalue weighted by Crippen LogP contribution is -2.37. The standard InChI is InChI=1S/C9H19NO2/c1-4-5-12-7-8(11)6-9(2,3)10/h4,8,11H,1,5-7,10H2,2-3H3. The summed E-state index contributed by atoms with van der Waals surface area (Å²) in [5.41, 5.74) is 5.37. The molecule has 0 heterocycles. The first kappa shape index (κ1) is 11.6. The normalized spacial score (nSPS) is 14.3. The van der Waals surface area contributed by atoms with Crippen molar-refractivity contribution < 1.29 is 9.84 Å². The van der Waals surface area contributed by atoms with Crippen molar-refractivity contribution in [2.75, 3.05) is 13.2 Å². The van der Waals surface area contributed by atoms with Gasteiger partial charge in [-0.1, -0.05) is 6.08 Å². The van der Waals surface area contributed by atoms with Crippen molar-refractivity contribution in [3.05, 3.63) is 12.7 Å². The number of aliphatic hydroxyl groups is 1. The highest BCUT2D eigenvalue weighted by molar-refractivity contribution is 4.76. The molecule has 3 heteroatoms. The van der Waals surface area contributed by atoms with E-state index >= 15 is 0 Å². The summed E-state index contributed by atoms with van der Waals surface area (Å²) in [5, 5.41) is 9.37. The van der Waals surface area contributed by atoms with E-state index in [4.69, 9.17) is 10.5 Å². The summed E-state index contributed by atoms with van der Waals surface area (Å²) in [6.07, 6.45) is 1.72. The van der Waals surface area contributed by atoms with Gasteiger partial charge in [-0.05, 0) is 20.3 Å². The Morgan fingerprint density at radius 1 is 1.67 bits per heavy atom. The highest BCUT2D eigenvalue weighted by Gasteiger charge is 2.16. The van der Waals surface area contributed by atoms with Crippen molar-refractivity contribution in [1.29, 1.82) is 0 Å². The third-order valence-electron chi connectivity index (χ3n) is 1.31. The van der Waals surface area contributed by atoms with Gasteiger partial charge in [-0.15, -0.1) is 6.58 Å². The quantitative estimate of drug-likeness (QED) is 0.458. The molecule has 12 heavy (non-hydrogen) atoms. The fraction of sp³-hybridized carbons (Fsp3) is 0.778. The summed E-state index contributed by atoms with van der Waals surface area (Å²) in [7, 11) is 0. The predicted molar refractivity (Wildman–Crippen MR) is 49.9 cm³/mol. The summed E-state index contributed by atoms with van der Waals surface area (Å²) in [6, 6.07) is 0. The maximum Gasteiger partial charge on any atom is 0.0791 e. The molecule has 0 aliphatic carbocycles. The van der Waals surface area contributed by atoms with Crippen LogP contribution in [0.3, 0.4) is 0 Å². The van der Waals surface area contributed by atoms with Crippen LogP contribution >= 0.6 is 0 Å². The SMILES string of the molecule is C=CCOCC(O)CC(C)(C)N. The number of hydrogen-bond donors (Lipinski definition) is 2. The van der Waals surface area contributed by atoms with Gasteiger partial charge >= 0.3 is 0 Å². The molecule has 1 unspecified atom stereocenters. The van der Waals surface area contributed by atoms with Gasteiger partial charge in [0.2, 0.25) is 0 Å². The van der Waals surface area contributed by atoms with Crippen LogP contribution in [0, 0.1) is 0 Å². The second-order valence-electron chi connectivity index (χ2n) is 3.67. The minimum atomic E-state index is -0.482. The summed E-state index contributed by atoms with van der Waals surface area (Å²) >= 11 is 0. The number of rotatable bonds is 6. The Morgan fingerprint density at radius 2 is 2.25 bits per heavy atom. The summed E-state index contributed by atoms with van der Waals surface area (Å²) in [5.74, 6) is 0. The molecule has 0 saturated carbocycles. The maximum absolute atomic E-state index is 9.37. The molecule has 0 aliphatic rings. The van der Waals surface area contributed by atoms with Crippen molar-refractivity contribution in [1.82, 2.24) is 0 Å². The Bertz CT molecular complexity index is 129. The lowest BCUT2D eigenvalue weighted by Gasteiger charge is -2.21. The molecule has 0 aliphatic heterocycles. The van der Waals surface area contributed by atoms with E-state index in [2.05, 4.69) is 6.58 Å². The molecular weight excluding hydrogens is 154 g/mol. The van der Waals surface area contributed by atoms with E-state index in [1.165, 1.54) is 0 Å². The minimum Gasteiger partial charge on any atom is -0.391 e. The number of aliphatic hydroxyl groups excluding tert-OH is 1. The van der Waals surface area contributed by atoms with Crippen molar-refractivity contribution in [2.45, 2.75) is 31.9 Å². The average molecular weight is 173 g/mol.